The zero-order valence-corrected chi connectivity index (χ0v) is 25.5. The Hall–Kier alpha value is -2.95. The molecule has 0 aliphatic carbocycles. The first-order valence-corrected chi connectivity index (χ1v) is 15.8. The zero-order chi connectivity index (χ0) is 29.3. The molecule has 0 saturated carbocycles. The molecule has 3 aromatic carbocycles. The van der Waals surface area contributed by atoms with Gasteiger partial charge < -0.3 is 10.2 Å². The Bertz CT molecular complexity index is 1430. The number of rotatable bonds is 13. The standard InChI is InChI=1S/C29H32BrClFN3O4S/c1-3-4-15-33-29(37)27(17-21-9-6-5-7-10-21)34(19-22-11-8-12-23(30)16-22)28(36)20-35(40(2,38)39)24-13-14-26(32)25(31)18-24/h5-14,16,18,27H,3-4,15,17,19-20H2,1-2H3,(H,33,37)/t27-/m0/s1. The third-order valence-corrected chi connectivity index (χ3v) is 8.14. The van der Waals surface area contributed by atoms with Crippen LogP contribution in [0.1, 0.15) is 30.9 Å². The number of benzene rings is 3. The maximum atomic E-state index is 14.0. The lowest BCUT2D eigenvalue weighted by atomic mass is 10.0. The number of sulfonamides is 1. The van der Waals surface area contributed by atoms with Gasteiger partial charge in [0.15, 0.2) is 0 Å². The molecule has 1 N–H and O–H groups in total. The predicted octanol–water partition coefficient (Wildman–Crippen LogP) is 5.56. The molecular formula is C29H32BrClFN3O4S. The fourth-order valence-corrected chi connectivity index (χ4v) is 5.61. The van der Waals surface area contributed by atoms with Crippen LogP contribution in [0.3, 0.4) is 0 Å². The van der Waals surface area contributed by atoms with Gasteiger partial charge in [-0.1, -0.05) is 83.3 Å². The second kappa shape index (κ2) is 14.6. The molecule has 0 saturated heterocycles. The van der Waals surface area contributed by atoms with Gasteiger partial charge in [-0.2, -0.15) is 0 Å². The first kappa shape index (κ1) is 31.6. The van der Waals surface area contributed by atoms with Gasteiger partial charge in [0.25, 0.3) is 0 Å². The summed E-state index contributed by atoms with van der Waals surface area (Å²) in [5, 5.41) is 2.66. The first-order chi connectivity index (χ1) is 19.0. The van der Waals surface area contributed by atoms with E-state index in [1.165, 1.54) is 11.0 Å². The van der Waals surface area contributed by atoms with E-state index in [4.69, 9.17) is 11.6 Å². The van der Waals surface area contributed by atoms with Crippen LogP contribution < -0.4 is 9.62 Å². The molecule has 214 valence electrons. The molecule has 7 nitrogen and oxygen atoms in total. The van der Waals surface area contributed by atoms with Crippen LogP contribution in [0.4, 0.5) is 10.1 Å². The van der Waals surface area contributed by atoms with Gasteiger partial charge in [0.1, 0.15) is 18.4 Å². The van der Waals surface area contributed by atoms with Crippen LogP contribution >= 0.6 is 27.5 Å². The van der Waals surface area contributed by atoms with E-state index in [1.807, 2.05) is 61.5 Å². The van der Waals surface area contributed by atoms with Crippen molar-refractivity contribution in [2.75, 3.05) is 23.7 Å². The maximum Gasteiger partial charge on any atom is 0.244 e. The van der Waals surface area contributed by atoms with Crippen molar-refractivity contribution in [3.8, 4) is 0 Å². The summed E-state index contributed by atoms with van der Waals surface area (Å²) in [5.74, 6) is -1.65. The summed E-state index contributed by atoms with van der Waals surface area (Å²) < 4.78 is 41.1. The number of amides is 2. The van der Waals surface area contributed by atoms with Crippen molar-refractivity contribution in [1.82, 2.24) is 10.2 Å². The molecule has 3 aromatic rings. The second-order valence-corrected chi connectivity index (χ2v) is 12.6. The van der Waals surface area contributed by atoms with Crippen LogP contribution in [0.2, 0.25) is 5.02 Å². The van der Waals surface area contributed by atoms with Crippen molar-refractivity contribution in [2.24, 2.45) is 0 Å². The van der Waals surface area contributed by atoms with Crippen LogP contribution in [-0.4, -0.2) is 50.5 Å². The van der Waals surface area contributed by atoms with Crippen LogP contribution in [0.5, 0.6) is 0 Å². The lowest BCUT2D eigenvalue weighted by Gasteiger charge is -2.33. The molecule has 2 amide bonds. The number of hydrogen-bond acceptors (Lipinski definition) is 4. The Morgan fingerprint density at radius 3 is 2.35 bits per heavy atom. The number of unbranched alkanes of at least 4 members (excludes halogenated alkanes) is 1. The third kappa shape index (κ3) is 9.04. The Morgan fingerprint density at radius 2 is 1.73 bits per heavy atom. The van der Waals surface area contributed by atoms with Crippen LogP contribution in [0, 0.1) is 5.82 Å². The highest BCUT2D eigenvalue weighted by molar-refractivity contribution is 9.10. The van der Waals surface area contributed by atoms with Crippen molar-refractivity contribution in [3.05, 3.63) is 99.2 Å². The van der Waals surface area contributed by atoms with Crippen LogP contribution in [-0.2, 0) is 32.6 Å². The van der Waals surface area contributed by atoms with Gasteiger partial charge in [-0.15, -0.1) is 0 Å². The number of nitrogens with zero attached hydrogens (tertiary/aromatic N) is 2. The minimum atomic E-state index is -3.98. The van der Waals surface area contributed by atoms with Gasteiger partial charge in [0, 0.05) is 24.0 Å². The number of hydrogen-bond donors (Lipinski definition) is 1. The number of carbonyl (C=O) groups excluding carboxylic acids is 2. The van der Waals surface area contributed by atoms with Crippen molar-refractivity contribution < 1.29 is 22.4 Å². The van der Waals surface area contributed by atoms with Crippen molar-refractivity contribution in [1.29, 1.82) is 0 Å². The van der Waals surface area contributed by atoms with E-state index in [0.29, 0.717) is 6.54 Å². The molecular weight excluding hydrogens is 621 g/mol. The molecule has 0 unspecified atom stereocenters. The third-order valence-electron chi connectivity index (χ3n) is 6.21. The van der Waals surface area contributed by atoms with Gasteiger partial charge in [-0.05, 0) is 47.9 Å². The normalized spacial score (nSPS) is 12.0. The number of nitrogens with one attached hydrogen (secondary N) is 1. The highest BCUT2D eigenvalue weighted by Crippen LogP contribution is 2.25. The number of halogens is 3. The molecule has 0 aliphatic heterocycles. The summed E-state index contributed by atoms with van der Waals surface area (Å²) >= 11 is 9.37. The van der Waals surface area contributed by atoms with Crippen LogP contribution in [0.25, 0.3) is 0 Å². The van der Waals surface area contributed by atoms with E-state index < -0.39 is 34.3 Å². The Labute approximate surface area is 248 Å². The highest BCUT2D eigenvalue weighted by Gasteiger charge is 2.33. The van der Waals surface area contributed by atoms with Crippen molar-refractivity contribution in [2.45, 2.75) is 38.8 Å². The van der Waals surface area contributed by atoms with E-state index in [1.54, 1.807) is 0 Å². The van der Waals surface area contributed by atoms with E-state index in [2.05, 4.69) is 21.2 Å². The van der Waals surface area contributed by atoms with Gasteiger partial charge in [0.2, 0.25) is 21.8 Å². The average Bonchev–Trinajstić information content (AvgIpc) is 2.91. The molecule has 0 spiro atoms. The zero-order valence-electron chi connectivity index (χ0n) is 22.3. The summed E-state index contributed by atoms with van der Waals surface area (Å²) in [5.41, 5.74) is 1.63. The molecule has 40 heavy (non-hydrogen) atoms. The Morgan fingerprint density at radius 1 is 1.02 bits per heavy atom. The summed E-state index contributed by atoms with van der Waals surface area (Å²) in [6, 6.07) is 19.2. The van der Waals surface area contributed by atoms with Gasteiger partial charge in [0.05, 0.1) is 17.0 Å². The molecule has 11 heteroatoms. The molecule has 0 radical (unpaired) electrons. The maximum absolute atomic E-state index is 14.0. The quantitative estimate of drug-likeness (QED) is 0.245. The topological polar surface area (TPSA) is 86.8 Å². The molecule has 0 fully saturated rings. The molecule has 0 heterocycles. The minimum Gasteiger partial charge on any atom is -0.354 e. The molecule has 0 bridgehead atoms. The van der Waals surface area contributed by atoms with E-state index in [-0.39, 0.29) is 29.6 Å². The lowest BCUT2D eigenvalue weighted by molar-refractivity contribution is -0.140. The number of carbonyl (C=O) groups is 2. The summed E-state index contributed by atoms with van der Waals surface area (Å²) in [7, 11) is -3.98. The van der Waals surface area contributed by atoms with Crippen LogP contribution in [0.15, 0.2) is 77.3 Å². The Balaban J connectivity index is 2.04. The highest BCUT2D eigenvalue weighted by atomic mass is 79.9. The second-order valence-electron chi connectivity index (χ2n) is 9.37. The fraction of sp³-hybridized carbons (Fsp3) is 0.310. The average molecular weight is 653 g/mol. The SMILES string of the molecule is CCCCNC(=O)[C@H](Cc1ccccc1)N(Cc1cccc(Br)c1)C(=O)CN(c1ccc(F)c(Cl)c1)S(C)(=O)=O. The van der Waals surface area contributed by atoms with Crippen molar-refractivity contribution in [3.63, 3.8) is 0 Å². The van der Waals surface area contributed by atoms with Gasteiger partial charge in [-0.25, -0.2) is 12.8 Å². The summed E-state index contributed by atoms with van der Waals surface area (Å²) in [6.07, 6.45) is 2.83. The minimum absolute atomic E-state index is 0.0386. The summed E-state index contributed by atoms with van der Waals surface area (Å²) in [6.45, 7) is 1.91. The van der Waals surface area contributed by atoms with E-state index >= 15 is 0 Å². The van der Waals surface area contributed by atoms with Gasteiger partial charge in [-0.3, -0.25) is 13.9 Å². The molecule has 1 atom stereocenters. The first-order valence-electron chi connectivity index (χ1n) is 12.8. The molecule has 3 rings (SSSR count). The monoisotopic (exact) mass is 651 g/mol. The Kier molecular flexibility index (Phi) is 11.5. The van der Waals surface area contributed by atoms with E-state index in [9.17, 15) is 22.4 Å². The largest absolute Gasteiger partial charge is 0.354 e. The lowest BCUT2D eigenvalue weighted by Crippen LogP contribution is -2.53. The fourth-order valence-electron chi connectivity index (χ4n) is 4.15. The van der Waals surface area contributed by atoms with E-state index in [0.717, 1.165) is 51.1 Å². The van der Waals surface area contributed by atoms with Crippen molar-refractivity contribution >= 4 is 55.1 Å². The molecule has 0 aromatic heterocycles. The smallest absolute Gasteiger partial charge is 0.244 e. The van der Waals surface area contributed by atoms with Gasteiger partial charge >= 0.3 is 0 Å². The predicted molar refractivity (Wildman–Crippen MR) is 160 cm³/mol. The summed E-state index contributed by atoms with van der Waals surface area (Å²) in [4.78, 5) is 29.0. The molecule has 0 aliphatic rings. The number of anilines is 1.